The summed E-state index contributed by atoms with van der Waals surface area (Å²) < 4.78 is 17.0. The molecular weight excluding hydrogens is 128 g/mol. The second-order valence-corrected chi connectivity index (χ2v) is 0.344. The Labute approximate surface area is 53.9 Å². The molecule has 0 N–H and O–H groups in total. The minimum atomic E-state index is -2.00. The van der Waals surface area contributed by atoms with E-state index in [9.17, 15) is 0 Å². The molecule has 0 bridgehead atoms. The first-order valence-corrected chi connectivity index (χ1v) is 3.10. The van der Waals surface area contributed by atoms with Gasteiger partial charge >= 0.3 is 25.7 Å². The molecule has 0 saturated carbocycles. The van der Waals surface area contributed by atoms with Gasteiger partial charge in [0.25, 0.3) is 0 Å². The van der Waals surface area contributed by atoms with E-state index in [1.807, 2.05) is 0 Å². The molecule has 0 aliphatic heterocycles. The predicted octanol–water partition coefficient (Wildman–Crippen LogP) is 1.44. The van der Waals surface area contributed by atoms with Crippen LogP contribution >= 0.6 is 0 Å². The first-order valence-electron chi connectivity index (χ1n) is 1.82. The van der Waals surface area contributed by atoms with E-state index in [4.69, 9.17) is 6.65 Å². The van der Waals surface area contributed by atoms with Gasteiger partial charge in [0, 0.05) is 0 Å². The molecule has 0 aliphatic rings. The summed E-state index contributed by atoms with van der Waals surface area (Å²) in [5.41, 5.74) is 0. The third-order valence-corrected chi connectivity index (χ3v) is 0. The number of hydrogen-bond donors (Lipinski definition) is 0. The van der Waals surface area contributed by atoms with Crippen LogP contribution in [0.1, 0.15) is 13.8 Å². The maximum absolute atomic E-state index is 8.50. The van der Waals surface area contributed by atoms with Crippen molar-refractivity contribution < 1.29 is 25.7 Å². The summed E-state index contributed by atoms with van der Waals surface area (Å²) in [7, 11) is 0. The van der Waals surface area contributed by atoms with Crippen LogP contribution in [-0.2, 0) is 25.7 Å². The Morgan fingerprint density at radius 2 is 1.00 bits per heavy atom. The molecule has 44 valence electrons. The Kier molecular flexibility index (Phi) is 231. The van der Waals surface area contributed by atoms with Crippen LogP contribution in [0.3, 0.4) is 0 Å². The van der Waals surface area contributed by atoms with Crippen molar-refractivity contribution in [3.8, 4) is 0 Å². The van der Waals surface area contributed by atoms with E-state index in [-0.39, 0.29) is 0 Å². The summed E-state index contributed by atoms with van der Waals surface area (Å²) in [5.74, 6) is 0. The van der Waals surface area contributed by atoms with Gasteiger partial charge in [-0.25, -0.2) is 0 Å². The van der Waals surface area contributed by atoms with Crippen molar-refractivity contribution in [2.75, 3.05) is 0 Å². The Balaban J connectivity index is -0.0000000360. The molecule has 2 nitrogen and oxygen atoms in total. The summed E-state index contributed by atoms with van der Waals surface area (Å²) in [6.45, 7) is 10.0. The molecule has 0 rings (SSSR count). The fourth-order valence-corrected chi connectivity index (χ4v) is 0. The van der Waals surface area contributed by atoms with E-state index in [1.54, 1.807) is 13.8 Å². The summed E-state index contributed by atoms with van der Waals surface area (Å²) in [6, 6.07) is 0. The van der Waals surface area contributed by atoms with E-state index in [0.717, 1.165) is 0 Å². The molecule has 0 heterocycles. The molecule has 0 spiro atoms. The zero-order valence-electron chi connectivity index (χ0n) is 4.73. The minimum absolute atomic E-state index is 1.75. The van der Waals surface area contributed by atoms with Crippen molar-refractivity contribution >= 4 is 0 Å². The third kappa shape index (κ3) is 1190. The predicted molar refractivity (Wildman–Crippen MR) is 23.4 cm³/mol. The van der Waals surface area contributed by atoms with Crippen LogP contribution in [0, 0.1) is 13.8 Å². The number of hydrogen-bond acceptors (Lipinski definition) is 2. The van der Waals surface area contributed by atoms with E-state index < -0.39 is 19.1 Å². The second-order valence-electron chi connectivity index (χ2n) is 0.0833. The first-order chi connectivity index (χ1) is 3.41. The van der Waals surface area contributed by atoms with Crippen LogP contribution in [0.4, 0.5) is 0 Å². The average molecular weight is 138 g/mol. The first kappa shape index (κ1) is 15.7. The maximum atomic E-state index is 8.50. The van der Waals surface area contributed by atoms with Crippen LogP contribution in [0.25, 0.3) is 0 Å². The van der Waals surface area contributed by atoms with Gasteiger partial charge in [0.15, 0.2) is 0 Å². The van der Waals surface area contributed by atoms with Crippen molar-refractivity contribution in [3.05, 3.63) is 13.8 Å². The molecule has 0 aromatic carbocycles. The van der Waals surface area contributed by atoms with E-state index in [1.165, 1.54) is 0 Å². The van der Waals surface area contributed by atoms with Crippen molar-refractivity contribution in [2.24, 2.45) is 0 Å². The molecule has 0 radical (unpaired) electrons. The van der Waals surface area contributed by atoms with E-state index in [2.05, 4.69) is 13.8 Å². The molecular formula is C4H10O2Ti-2. The van der Waals surface area contributed by atoms with Crippen molar-refractivity contribution in [1.82, 2.24) is 0 Å². The summed E-state index contributed by atoms with van der Waals surface area (Å²) >= 11 is -2.00. The van der Waals surface area contributed by atoms with Gasteiger partial charge in [-0.15, -0.1) is 0 Å². The van der Waals surface area contributed by atoms with E-state index in [0.29, 0.717) is 0 Å². The van der Waals surface area contributed by atoms with Crippen molar-refractivity contribution in [2.45, 2.75) is 13.8 Å². The second kappa shape index (κ2) is 103. The molecule has 0 aromatic heterocycles. The van der Waals surface area contributed by atoms with Gasteiger partial charge in [0.2, 0.25) is 0 Å². The topological polar surface area (TPSA) is 34.1 Å². The Hall–Kier alpha value is 0.314. The van der Waals surface area contributed by atoms with Crippen LogP contribution < -0.4 is 0 Å². The van der Waals surface area contributed by atoms with Gasteiger partial charge in [-0.1, -0.05) is 0 Å². The quantitative estimate of drug-likeness (QED) is 0.375. The van der Waals surface area contributed by atoms with Gasteiger partial charge in [-0.2, -0.15) is 13.8 Å². The summed E-state index contributed by atoms with van der Waals surface area (Å²) in [5, 5.41) is 0. The molecule has 0 saturated heterocycles. The zero-order valence-corrected chi connectivity index (χ0v) is 6.29. The molecule has 0 atom stereocenters. The van der Waals surface area contributed by atoms with Gasteiger partial charge in [0.1, 0.15) is 0 Å². The molecule has 0 aliphatic carbocycles. The molecule has 0 amide bonds. The Morgan fingerprint density at radius 3 is 1.00 bits per heavy atom. The average Bonchev–Trinajstić information content (AvgIpc) is 1.78. The molecule has 7 heavy (non-hydrogen) atoms. The van der Waals surface area contributed by atoms with E-state index >= 15 is 0 Å². The Bertz CT molecular complexity index is 30.7. The molecule has 0 aromatic rings. The molecule has 0 unspecified atom stereocenters. The van der Waals surface area contributed by atoms with Crippen LogP contribution in [0.15, 0.2) is 0 Å². The zero-order chi connectivity index (χ0) is 6.71. The number of rotatable bonds is 0. The fourth-order valence-electron chi connectivity index (χ4n) is 0. The van der Waals surface area contributed by atoms with Gasteiger partial charge in [-0.05, 0) is 0 Å². The van der Waals surface area contributed by atoms with Gasteiger partial charge in [0.05, 0.1) is 0 Å². The monoisotopic (exact) mass is 138 g/mol. The Morgan fingerprint density at radius 1 is 1.00 bits per heavy atom. The van der Waals surface area contributed by atoms with Gasteiger partial charge in [-0.3, -0.25) is 0 Å². The normalized spacial score (nSPS) is 2.86. The fraction of sp³-hybridized carbons (Fsp3) is 0.500. The van der Waals surface area contributed by atoms with Crippen LogP contribution in [0.2, 0.25) is 0 Å². The summed E-state index contributed by atoms with van der Waals surface area (Å²) in [4.78, 5) is 0. The van der Waals surface area contributed by atoms with Crippen molar-refractivity contribution in [1.29, 1.82) is 0 Å². The summed E-state index contributed by atoms with van der Waals surface area (Å²) in [6.07, 6.45) is 0. The third-order valence-electron chi connectivity index (χ3n) is 0. The van der Waals surface area contributed by atoms with Crippen molar-refractivity contribution in [3.63, 3.8) is 0 Å². The van der Waals surface area contributed by atoms with Crippen LogP contribution in [-0.4, -0.2) is 0 Å². The SMILES string of the molecule is [CH2-]C.[CH2-]C.[O]=[Ti]=[O]. The standard InChI is InChI=1S/2C2H5.2O.Ti/c2*1-2;;;/h2*1H2,2H3;;;/q2*-1;;;. The molecule has 0 fully saturated rings. The molecule has 3 heteroatoms. The van der Waals surface area contributed by atoms with Gasteiger partial charge < -0.3 is 13.8 Å². The van der Waals surface area contributed by atoms with Crippen LogP contribution in [0.5, 0.6) is 0 Å².